The van der Waals surface area contributed by atoms with Crippen LogP contribution in [0.5, 0.6) is 0 Å². The molecule has 0 aliphatic heterocycles. The summed E-state index contributed by atoms with van der Waals surface area (Å²) in [6, 6.07) is 11.8. The number of nitrogen functional groups attached to an aromatic ring is 1. The predicted molar refractivity (Wildman–Crippen MR) is 86.9 cm³/mol. The number of rotatable bonds is 1. The number of pyridine rings is 1. The second kappa shape index (κ2) is 5.14. The molecule has 0 spiro atoms. The predicted octanol–water partition coefficient (Wildman–Crippen LogP) is 5.15. The van der Waals surface area contributed by atoms with Crippen LogP contribution in [0.15, 0.2) is 51.4 Å². The first-order valence-corrected chi connectivity index (χ1v) is 7.44. The molecule has 0 aliphatic rings. The Bertz CT molecular complexity index is 801. The first-order chi connectivity index (χ1) is 9.54. The zero-order valence-electron chi connectivity index (χ0n) is 10.2. The maximum absolute atomic E-state index is 13.0. The van der Waals surface area contributed by atoms with Crippen molar-refractivity contribution in [2.75, 3.05) is 5.73 Å². The average Bonchev–Trinajstić information content (AvgIpc) is 2.40. The Hall–Kier alpha value is -1.46. The molecule has 0 saturated heterocycles. The number of aromatic nitrogens is 1. The van der Waals surface area contributed by atoms with Gasteiger partial charge in [-0.05, 0) is 58.4 Å². The van der Waals surface area contributed by atoms with E-state index in [0.29, 0.717) is 5.69 Å². The largest absolute Gasteiger partial charge is 0.398 e. The second-order valence-corrected chi connectivity index (χ2v) is 6.16. The molecular formula is C15H9Br2FN2. The number of anilines is 1. The third-order valence-electron chi connectivity index (χ3n) is 3.00. The molecule has 0 radical (unpaired) electrons. The van der Waals surface area contributed by atoms with Gasteiger partial charge in [-0.3, -0.25) is 0 Å². The van der Waals surface area contributed by atoms with E-state index < -0.39 is 0 Å². The number of benzene rings is 2. The van der Waals surface area contributed by atoms with E-state index in [9.17, 15) is 4.39 Å². The van der Waals surface area contributed by atoms with E-state index in [1.54, 1.807) is 18.2 Å². The van der Waals surface area contributed by atoms with Gasteiger partial charge in [-0.1, -0.05) is 15.9 Å². The van der Waals surface area contributed by atoms with Crippen molar-refractivity contribution >= 4 is 48.5 Å². The quantitative estimate of drug-likeness (QED) is 0.618. The molecule has 0 bridgehead atoms. The summed E-state index contributed by atoms with van der Waals surface area (Å²) in [7, 11) is 0. The summed E-state index contributed by atoms with van der Waals surface area (Å²) in [5.74, 6) is -0.271. The molecule has 2 nitrogen and oxygen atoms in total. The minimum absolute atomic E-state index is 0.271. The van der Waals surface area contributed by atoms with Crippen LogP contribution in [0.25, 0.3) is 22.2 Å². The highest BCUT2D eigenvalue weighted by molar-refractivity contribution is 9.11. The molecule has 1 aromatic heterocycles. The lowest BCUT2D eigenvalue weighted by Crippen LogP contribution is -1.94. The third kappa shape index (κ3) is 2.43. The molecule has 0 saturated carbocycles. The van der Waals surface area contributed by atoms with E-state index >= 15 is 0 Å². The molecular weight excluding hydrogens is 387 g/mol. The van der Waals surface area contributed by atoms with Crippen LogP contribution in [0.3, 0.4) is 0 Å². The molecule has 3 rings (SSSR count). The van der Waals surface area contributed by atoms with Crippen LogP contribution in [-0.2, 0) is 0 Å². The van der Waals surface area contributed by atoms with Crippen molar-refractivity contribution in [2.24, 2.45) is 0 Å². The monoisotopic (exact) mass is 394 g/mol. The Morgan fingerprint density at radius 3 is 2.40 bits per heavy atom. The second-order valence-electron chi connectivity index (χ2n) is 4.39. The minimum atomic E-state index is -0.271. The number of fused-ring (bicyclic) bond motifs is 1. The van der Waals surface area contributed by atoms with Crippen LogP contribution < -0.4 is 5.73 Å². The molecule has 2 N–H and O–H groups in total. The molecule has 0 fully saturated rings. The fourth-order valence-corrected chi connectivity index (χ4v) is 3.36. The van der Waals surface area contributed by atoms with Crippen LogP contribution in [0, 0.1) is 5.82 Å². The fourth-order valence-electron chi connectivity index (χ4n) is 2.05. The molecule has 0 atom stereocenters. The van der Waals surface area contributed by atoms with Gasteiger partial charge in [0.2, 0.25) is 0 Å². The average molecular weight is 396 g/mol. The maximum atomic E-state index is 13.0. The van der Waals surface area contributed by atoms with Crippen LogP contribution in [0.2, 0.25) is 0 Å². The van der Waals surface area contributed by atoms with Crippen LogP contribution >= 0.6 is 31.9 Å². The summed E-state index contributed by atoms with van der Waals surface area (Å²) in [6.45, 7) is 0. The highest BCUT2D eigenvalue weighted by atomic mass is 79.9. The molecule has 0 aliphatic carbocycles. The summed E-state index contributed by atoms with van der Waals surface area (Å²) in [5, 5.41) is 0.872. The first-order valence-electron chi connectivity index (χ1n) is 5.86. The van der Waals surface area contributed by atoms with E-state index in [-0.39, 0.29) is 5.82 Å². The standard InChI is InChI=1S/C15H9Br2FN2/c16-9-5-11-13(19)7-14(20-15(11)12(17)6-9)8-1-3-10(18)4-2-8/h1-7H,(H2,19,20). The van der Waals surface area contributed by atoms with Crippen molar-refractivity contribution in [2.45, 2.75) is 0 Å². The van der Waals surface area contributed by atoms with Crippen molar-refractivity contribution < 1.29 is 4.39 Å². The van der Waals surface area contributed by atoms with E-state index in [2.05, 4.69) is 36.8 Å². The highest BCUT2D eigenvalue weighted by Crippen LogP contribution is 2.33. The Morgan fingerprint density at radius 1 is 1.00 bits per heavy atom. The Kier molecular flexibility index (Phi) is 3.48. The summed E-state index contributed by atoms with van der Waals surface area (Å²) in [4.78, 5) is 4.61. The van der Waals surface area contributed by atoms with Gasteiger partial charge in [0.05, 0.1) is 11.2 Å². The Labute approximate surface area is 132 Å². The van der Waals surface area contributed by atoms with Gasteiger partial charge in [-0.25, -0.2) is 9.37 Å². The summed E-state index contributed by atoms with van der Waals surface area (Å²) < 4.78 is 14.8. The zero-order valence-corrected chi connectivity index (χ0v) is 13.4. The van der Waals surface area contributed by atoms with Crippen molar-refractivity contribution in [1.29, 1.82) is 0 Å². The summed E-state index contributed by atoms with van der Waals surface area (Å²) >= 11 is 6.93. The van der Waals surface area contributed by atoms with E-state index in [1.165, 1.54) is 12.1 Å². The van der Waals surface area contributed by atoms with Gasteiger partial charge in [0.25, 0.3) is 0 Å². The molecule has 100 valence electrons. The van der Waals surface area contributed by atoms with Crippen LogP contribution in [0.1, 0.15) is 0 Å². The van der Waals surface area contributed by atoms with Gasteiger partial charge in [0, 0.05) is 25.6 Å². The van der Waals surface area contributed by atoms with Crippen molar-refractivity contribution in [1.82, 2.24) is 4.98 Å². The van der Waals surface area contributed by atoms with Gasteiger partial charge in [-0.15, -0.1) is 0 Å². The smallest absolute Gasteiger partial charge is 0.123 e. The number of hydrogen-bond donors (Lipinski definition) is 1. The lowest BCUT2D eigenvalue weighted by atomic mass is 10.1. The van der Waals surface area contributed by atoms with Gasteiger partial charge in [-0.2, -0.15) is 0 Å². The topological polar surface area (TPSA) is 38.9 Å². The molecule has 3 aromatic rings. The van der Waals surface area contributed by atoms with Gasteiger partial charge < -0.3 is 5.73 Å². The van der Waals surface area contributed by atoms with Crippen molar-refractivity contribution in [3.8, 4) is 11.3 Å². The van der Waals surface area contributed by atoms with Crippen molar-refractivity contribution in [3.05, 3.63) is 57.2 Å². The van der Waals surface area contributed by atoms with Crippen LogP contribution in [-0.4, -0.2) is 4.98 Å². The Morgan fingerprint density at radius 2 is 1.70 bits per heavy atom. The fraction of sp³-hybridized carbons (Fsp3) is 0. The zero-order chi connectivity index (χ0) is 14.3. The lowest BCUT2D eigenvalue weighted by Gasteiger charge is -2.08. The van der Waals surface area contributed by atoms with E-state index in [4.69, 9.17) is 5.73 Å². The molecule has 20 heavy (non-hydrogen) atoms. The number of halogens is 3. The number of nitrogens with zero attached hydrogens (tertiary/aromatic N) is 1. The first kappa shape index (κ1) is 13.5. The molecule has 0 unspecified atom stereocenters. The molecule has 1 heterocycles. The van der Waals surface area contributed by atoms with Crippen molar-refractivity contribution in [3.63, 3.8) is 0 Å². The highest BCUT2D eigenvalue weighted by Gasteiger charge is 2.09. The third-order valence-corrected chi connectivity index (χ3v) is 4.07. The number of hydrogen-bond acceptors (Lipinski definition) is 2. The van der Waals surface area contributed by atoms with Gasteiger partial charge >= 0.3 is 0 Å². The summed E-state index contributed by atoms with van der Waals surface area (Å²) in [5.41, 5.74) is 9.08. The van der Waals surface area contributed by atoms with Gasteiger partial charge in [0.1, 0.15) is 5.82 Å². The SMILES string of the molecule is Nc1cc(-c2ccc(F)cc2)nc2c(Br)cc(Br)cc12. The Balaban J connectivity index is 2.26. The normalized spacial score (nSPS) is 10.9. The molecule has 0 amide bonds. The van der Waals surface area contributed by atoms with Crippen LogP contribution in [0.4, 0.5) is 10.1 Å². The minimum Gasteiger partial charge on any atom is -0.398 e. The lowest BCUT2D eigenvalue weighted by molar-refractivity contribution is 0.628. The molecule has 5 heteroatoms. The van der Waals surface area contributed by atoms with E-state index in [0.717, 1.165) is 31.1 Å². The van der Waals surface area contributed by atoms with E-state index in [1.807, 2.05) is 12.1 Å². The molecule has 2 aromatic carbocycles. The number of nitrogens with two attached hydrogens (primary N) is 1. The summed E-state index contributed by atoms with van der Waals surface area (Å²) in [6.07, 6.45) is 0. The maximum Gasteiger partial charge on any atom is 0.123 e. The van der Waals surface area contributed by atoms with Gasteiger partial charge in [0.15, 0.2) is 0 Å².